The molecule has 0 aromatic heterocycles. The quantitative estimate of drug-likeness (QED) is 0.577. The number of nitrogens with zero attached hydrogens (tertiary/aromatic N) is 1. The normalized spacial score (nSPS) is 12.0. The number of aliphatic hydroxyl groups is 1. The predicted molar refractivity (Wildman–Crippen MR) is 111 cm³/mol. The number of benzene rings is 3. The molecule has 0 radical (unpaired) electrons. The zero-order chi connectivity index (χ0) is 19.6. The highest BCUT2D eigenvalue weighted by Crippen LogP contribution is 2.17. The molecule has 0 heterocycles. The van der Waals surface area contributed by atoms with Crippen LogP contribution in [0, 0.1) is 0 Å². The van der Waals surface area contributed by atoms with E-state index in [1.54, 1.807) is 7.11 Å². The molecule has 3 rings (SSSR count). The van der Waals surface area contributed by atoms with E-state index in [1.807, 2.05) is 60.7 Å². The van der Waals surface area contributed by atoms with Crippen molar-refractivity contribution in [2.75, 3.05) is 20.3 Å². The summed E-state index contributed by atoms with van der Waals surface area (Å²) in [4.78, 5) is 2.24. The largest absolute Gasteiger partial charge is 0.497 e. The lowest BCUT2D eigenvalue weighted by Crippen LogP contribution is -2.35. The smallest absolute Gasteiger partial charge is 0.119 e. The van der Waals surface area contributed by atoms with Crippen LogP contribution in [-0.2, 0) is 13.1 Å². The van der Waals surface area contributed by atoms with Crippen LogP contribution in [0.4, 0.5) is 0 Å². The third-order valence-electron chi connectivity index (χ3n) is 4.47. The Morgan fingerprint density at radius 1 is 0.750 bits per heavy atom. The maximum atomic E-state index is 10.5. The summed E-state index contributed by atoms with van der Waals surface area (Å²) in [5.74, 6) is 1.50. The van der Waals surface area contributed by atoms with Gasteiger partial charge in [-0.15, -0.1) is 0 Å². The summed E-state index contributed by atoms with van der Waals surface area (Å²) in [6, 6.07) is 28.0. The number of hydrogen-bond donors (Lipinski definition) is 1. The maximum Gasteiger partial charge on any atom is 0.119 e. The second kappa shape index (κ2) is 10.5. The fraction of sp³-hybridized carbons (Fsp3) is 0.250. The average molecular weight is 377 g/mol. The lowest BCUT2D eigenvalue weighted by atomic mass is 10.1. The van der Waals surface area contributed by atoms with Gasteiger partial charge in [-0.1, -0.05) is 60.7 Å². The van der Waals surface area contributed by atoms with E-state index in [9.17, 15) is 5.11 Å². The molecule has 3 aromatic carbocycles. The third kappa shape index (κ3) is 6.41. The highest BCUT2D eigenvalue weighted by molar-refractivity contribution is 5.31. The first-order valence-corrected chi connectivity index (χ1v) is 9.48. The lowest BCUT2D eigenvalue weighted by Gasteiger charge is -2.25. The van der Waals surface area contributed by atoms with E-state index in [0.29, 0.717) is 6.54 Å². The molecule has 0 spiro atoms. The van der Waals surface area contributed by atoms with Crippen LogP contribution in [0.25, 0.3) is 0 Å². The molecule has 0 fully saturated rings. The first-order chi connectivity index (χ1) is 13.7. The Hall–Kier alpha value is -2.82. The zero-order valence-electron chi connectivity index (χ0n) is 16.2. The molecule has 4 nitrogen and oxygen atoms in total. The van der Waals surface area contributed by atoms with E-state index in [1.165, 1.54) is 11.1 Å². The van der Waals surface area contributed by atoms with Gasteiger partial charge in [0, 0.05) is 19.6 Å². The van der Waals surface area contributed by atoms with Gasteiger partial charge in [-0.05, 0) is 35.4 Å². The van der Waals surface area contributed by atoms with E-state index >= 15 is 0 Å². The number of rotatable bonds is 10. The van der Waals surface area contributed by atoms with Crippen molar-refractivity contribution in [3.05, 3.63) is 96.1 Å². The van der Waals surface area contributed by atoms with Crippen LogP contribution < -0.4 is 9.47 Å². The number of methoxy groups -OCH3 is 1. The molecule has 3 aromatic rings. The van der Waals surface area contributed by atoms with Crippen LogP contribution in [0.2, 0.25) is 0 Å². The first-order valence-electron chi connectivity index (χ1n) is 9.48. The SMILES string of the molecule is COc1ccc(OC[C@H](O)CN(Cc2ccccc2)Cc2ccccc2)cc1. The fourth-order valence-electron chi connectivity index (χ4n) is 3.08. The minimum atomic E-state index is -0.588. The van der Waals surface area contributed by atoms with E-state index in [-0.39, 0.29) is 6.61 Å². The van der Waals surface area contributed by atoms with Crippen molar-refractivity contribution < 1.29 is 14.6 Å². The highest BCUT2D eigenvalue weighted by atomic mass is 16.5. The Kier molecular flexibility index (Phi) is 7.47. The Morgan fingerprint density at radius 2 is 1.25 bits per heavy atom. The van der Waals surface area contributed by atoms with E-state index in [0.717, 1.165) is 24.6 Å². The van der Waals surface area contributed by atoms with Crippen LogP contribution in [0.1, 0.15) is 11.1 Å². The van der Waals surface area contributed by atoms with Crippen LogP contribution in [0.5, 0.6) is 11.5 Å². The molecule has 0 aliphatic heterocycles. The lowest BCUT2D eigenvalue weighted by molar-refractivity contribution is 0.0628. The summed E-state index contributed by atoms with van der Waals surface area (Å²) < 4.78 is 10.9. The van der Waals surface area contributed by atoms with Gasteiger partial charge in [0.25, 0.3) is 0 Å². The summed E-state index contributed by atoms with van der Waals surface area (Å²) in [7, 11) is 1.63. The monoisotopic (exact) mass is 377 g/mol. The van der Waals surface area contributed by atoms with Crippen molar-refractivity contribution in [2.45, 2.75) is 19.2 Å². The Labute approximate surface area is 167 Å². The maximum absolute atomic E-state index is 10.5. The number of hydrogen-bond acceptors (Lipinski definition) is 4. The summed E-state index contributed by atoms with van der Waals surface area (Å²) in [5, 5.41) is 10.5. The van der Waals surface area contributed by atoms with Gasteiger partial charge >= 0.3 is 0 Å². The van der Waals surface area contributed by atoms with Crippen molar-refractivity contribution in [3.63, 3.8) is 0 Å². The molecular weight excluding hydrogens is 350 g/mol. The van der Waals surface area contributed by atoms with Gasteiger partial charge in [-0.3, -0.25) is 4.90 Å². The van der Waals surface area contributed by atoms with Crippen molar-refractivity contribution in [1.29, 1.82) is 0 Å². The van der Waals surface area contributed by atoms with Gasteiger partial charge in [-0.25, -0.2) is 0 Å². The standard InChI is InChI=1S/C24H27NO3/c1-27-23-12-14-24(15-13-23)28-19-22(26)18-25(16-20-8-4-2-5-9-20)17-21-10-6-3-7-11-21/h2-15,22,26H,16-19H2,1H3/t22-/m1/s1. The Balaban J connectivity index is 1.58. The second-order valence-corrected chi connectivity index (χ2v) is 6.78. The zero-order valence-corrected chi connectivity index (χ0v) is 16.2. The average Bonchev–Trinajstić information content (AvgIpc) is 2.74. The van der Waals surface area contributed by atoms with Gasteiger partial charge in [-0.2, -0.15) is 0 Å². The van der Waals surface area contributed by atoms with Gasteiger partial charge < -0.3 is 14.6 Å². The Bertz CT molecular complexity index is 765. The molecule has 0 unspecified atom stereocenters. The van der Waals surface area contributed by atoms with Gasteiger partial charge in [0.05, 0.1) is 7.11 Å². The van der Waals surface area contributed by atoms with Crippen molar-refractivity contribution in [1.82, 2.24) is 4.90 Å². The molecule has 0 saturated heterocycles. The van der Waals surface area contributed by atoms with Crippen molar-refractivity contribution >= 4 is 0 Å². The topological polar surface area (TPSA) is 41.9 Å². The number of aliphatic hydroxyl groups excluding tert-OH is 1. The van der Waals surface area contributed by atoms with E-state index in [2.05, 4.69) is 29.2 Å². The van der Waals surface area contributed by atoms with E-state index < -0.39 is 6.10 Å². The number of ether oxygens (including phenoxy) is 2. The predicted octanol–water partition coefficient (Wildman–Crippen LogP) is 4.14. The molecule has 28 heavy (non-hydrogen) atoms. The molecule has 4 heteroatoms. The molecule has 0 saturated carbocycles. The van der Waals surface area contributed by atoms with Gasteiger partial charge in [0.1, 0.15) is 24.2 Å². The minimum absolute atomic E-state index is 0.242. The molecule has 0 bridgehead atoms. The van der Waals surface area contributed by atoms with E-state index in [4.69, 9.17) is 9.47 Å². The van der Waals surface area contributed by atoms with Crippen LogP contribution in [0.15, 0.2) is 84.9 Å². The van der Waals surface area contributed by atoms with Crippen molar-refractivity contribution in [2.24, 2.45) is 0 Å². The summed E-state index contributed by atoms with van der Waals surface area (Å²) in [6.45, 7) is 2.32. The van der Waals surface area contributed by atoms with Crippen molar-refractivity contribution in [3.8, 4) is 11.5 Å². The van der Waals surface area contributed by atoms with Crippen LogP contribution >= 0.6 is 0 Å². The molecule has 0 aliphatic rings. The molecule has 146 valence electrons. The summed E-state index contributed by atoms with van der Waals surface area (Å²) in [6.07, 6.45) is -0.588. The Morgan fingerprint density at radius 3 is 1.75 bits per heavy atom. The summed E-state index contributed by atoms with van der Waals surface area (Å²) in [5.41, 5.74) is 2.45. The first kappa shape index (κ1) is 19.9. The second-order valence-electron chi connectivity index (χ2n) is 6.78. The van der Waals surface area contributed by atoms with Crippen LogP contribution in [0.3, 0.4) is 0 Å². The van der Waals surface area contributed by atoms with Gasteiger partial charge in [0.2, 0.25) is 0 Å². The van der Waals surface area contributed by atoms with Gasteiger partial charge in [0.15, 0.2) is 0 Å². The molecule has 0 aliphatic carbocycles. The molecule has 1 atom stereocenters. The summed E-state index contributed by atoms with van der Waals surface area (Å²) >= 11 is 0. The van der Waals surface area contributed by atoms with Crippen LogP contribution in [-0.4, -0.2) is 36.4 Å². The fourth-order valence-corrected chi connectivity index (χ4v) is 3.08. The highest BCUT2D eigenvalue weighted by Gasteiger charge is 2.14. The molecule has 0 amide bonds. The molecular formula is C24H27NO3. The third-order valence-corrected chi connectivity index (χ3v) is 4.47. The minimum Gasteiger partial charge on any atom is -0.497 e. The molecule has 1 N–H and O–H groups in total.